The molecular weight excluding hydrogens is 181 g/mol. The highest BCUT2D eigenvalue weighted by Gasteiger charge is 1.96. The van der Waals surface area contributed by atoms with Crippen molar-refractivity contribution in [1.82, 2.24) is 0 Å². The zero-order valence-corrected chi connectivity index (χ0v) is 8.57. The lowest BCUT2D eigenvalue weighted by molar-refractivity contribution is 1.48. The highest BCUT2D eigenvalue weighted by atomic mass is 14.2. The van der Waals surface area contributed by atoms with Gasteiger partial charge in [-0.15, -0.1) is 0 Å². The summed E-state index contributed by atoms with van der Waals surface area (Å²) in [6.07, 6.45) is 0. The van der Waals surface area contributed by atoms with Crippen molar-refractivity contribution in [3.63, 3.8) is 0 Å². The van der Waals surface area contributed by atoms with Crippen LogP contribution in [0.2, 0.25) is 0 Å². The van der Waals surface area contributed by atoms with Crippen LogP contribution in [0.15, 0.2) is 48.5 Å². The van der Waals surface area contributed by atoms with E-state index in [1.165, 1.54) is 11.0 Å². The summed E-state index contributed by atoms with van der Waals surface area (Å²) in [5, 5.41) is 8.69. The molecule has 2 aromatic carbocycles. The van der Waals surface area contributed by atoms with E-state index in [9.17, 15) is 0 Å². The molecule has 0 saturated carbocycles. The Labute approximate surface area is 90.4 Å². The number of hydrogen-bond donors (Lipinski definition) is 0. The van der Waals surface area contributed by atoms with Crippen LogP contribution in [0.5, 0.6) is 0 Å². The molecule has 0 atom stereocenters. The lowest BCUT2D eigenvalue weighted by atomic mass is 9.93. The molecule has 0 heterocycles. The van der Waals surface area contributed by atoms with Crippen LogP contribution in [0.4, 0.5) is 0 Å². The molecule has 2 heteroatoms. The molecule has 70 valence electrons. The van der Waals surface area contributed by atoms with E-state index >= 15 is 0 Å². The van der Waals surface area contributed by atoms with Gasteiger partial charge in [0.05, 0.1) is 11.6 Å². The highest BCUT2D eigenvalue weighted by Crippen LogP contribution is 2.18. The molecule has 0 spiro atoms. The predicted molar refractivity (Wildman–Crippen MR) is 64.8 cm³/mol. The second-order valence-corrected chi connectivity index (χ2v) is 3.56. The predicted octanol–water partition coefficient (Wildman–Crippen LogP) is 1.48. The van der Waals surface area contributed by atoms with Crippen LogP contribution in [0.25, 0.3) is 11.1 Å². The van der Waals surface area contributed by atoms with Gasteiger partial charge in [0, 0.05) is 0 Å². The molecule has 0 saturated heterocycles. The van der Waals surface area contributed by atoms with E-state index in [2.05, 4.69) is 38.2 Å². The monoisotopic (exact) mass is 191 g/mol. The molecule has 2 rings (SSSR count). The van der Waals surface area contributed by atoms with E-state index in [0.717, 1.165) is 5.56 Å². The first kappa shape index (κ1) is 9.55. The molecule has 0 unspecified atom stereocenters. The van der Waals surface area contributed by atoms with Crippen LogP contribution in [0.1, 0.15) is 5.56 Å². The lowest BCUT2D eigenvalue weighted by Crippen LogP contribution is -1.99. The minimum atomic E-state index is 0.700. The van der Waals surface area contributed by atoms with Gasteiger partial charge >= 0.3 is 0 Å². The quantitative estimate of drug-likeness (QED) is 0.626. The van der Waals surface area contributed by atoms with E-state index in [1.807, 2.05) is 24.3 Å². The molecule has 0 radical (unpaired) electrons. The maximum absolute atomic E-state index is 8.69. The van der Waals surface area contributed by atoms with Crippen LogP contribution in [0, 0.1) is 11.3 Å². The Morgan fingerprint density at radius 2 is 1.27 bits per heavy atom. The molecule has 0 aromatic heterocycles. The van der Waals surface area contributed by atoms with Crippen molar-refractivity contribution in [1.29, 1.82) is 5.26 Å². The van der Waals surface area contributed by atoms with Crippen LogP contribution < -0.4 is 5.46 Å². The van der Waals surface area contributed by atoms with Crippen LogP contribution >= 0.6 is 0 Å². The van der Waals surface area contributed by atoms with Crippen molar-refractivity contribution in [2.75, 3.05) is 0 Å². The Balaban J connectivity index is 2.38. The van der Waals surface area contributed by atoms with Crippen molar-refractivity contribution in [2.24, 2.45) is 0 Å². The van der Waals surface area contributed by atoms with Crippen LogP contribution in [-0.4, -0.2) is 7.85 Å². The maximum Gasteiger partial charge on any atom is 0.139 e. The van der Waals surface area contributed by atoms with Gasteiger partial charge in [-0.1, -0.05) is 41.9 Å². The summed E-state index contributed by atoms with van der Waals surface area (Å²) in [5.41, 5.74) is 4.29. The van der Waals surface area contributed by atoms with Gasteiger partial charge in [0.25, 0.3) is 0 Å². The normalized spacial score (nSPS) is 9.53. The fourth-order valence-electron chi connectivity index (χ4n) is 1.48. The van der Waals surface area contributed by atoms with Crippen LogP contribution in [-0.2, 0) is 0 Å². The van der Waals surface area contributed by atoms with Crippen molar-refractivity contribution in [2.45, 2.75) is 0 Å². The van der Waals surface area contributed by atoms with Gasteiger partial charge in [-0.2, -0.15) is 5.26 Å². The Morgan fingerprint density at radius 1 is 0.800 bits per heavy atom. The van der Waals surface area contributed by atoms with Gasteiger partial charge in [-0.3, -0.25) is 0 Å². The summed E-state index contributed by atoms with van der Waals surface area (Å²) in [6, 6.07) is 18.1. The van der Waals surface area contributed by atoms with Crippen molar-refractivity contribution < 1.29 is 0 Å². The lowest BCUT2D eigenvalue weighted by Gasteiger charge is -2.01. The van der Waals surface area contributed by atoms with Crippen LogP contribution in [0.3, 0.4) is 0 Å². The first-order valence-corrected chi connectivity index (χ1v) is 4.87. The fraction of sp³-hybridized carbons (Fsp3) is 0. The molecule has 0 aliphatic rings. The Kier molecular flexibility index (Phi) is 2.56. The third-order valence-corrected chi connectivity index (χ3v) is 2.40. The smallest absolute Gasteiger partial charge is 0.139 e. The van der Waals surface area contributed by atoms with E-state index in [0.29, 0.717) is 5.56 Å². The van der Waals surface area contributed by atoms with Gasteiger partial charge in [-0.05, 0) is 23.3 Å². The fourth-order valence-corrected chi connectivity index (χ4v) is 1.48. The Bertz CT molecular complexity index is 492. The summed E-state index contributed by atoms with van der Waals surface area (Å²) in [6.45, 7) is 0. The Hall–Kier alpha value is -2.01. The average molecular weight is 191 g/mol. The number of nitrogens with zero attached hydrogens (tertiary/aromatic N) is 1. The molecule has 15 heavy (non-hydrogen) atoms. The third kappa shape index (κ3) is 2.08. The molecule has 0 fully saturated rings. The highest BCUT2D eigenvalue weighted by molar-refractivity contribution is 6.32. The number of nitriles is 1. The van der Waals surface area contributed by atoms with Crippen molar-refractivity contribution in [3.05, 3.63) is 54.1 Å². The second kappa shape index (κ2) is 4.02. The first-order chi connectivity index (χ1) is 7.29. The van der Waals surface area contributed by atoms with Gasteiger partial charge in [0.2, 0.25) is 0 Å². The minimum Gasteiger partial charge on any atom is -0.192 e. The van der Waals surface area contributed by atoms with Crippen molar-refractivity contribution >= 4 is 13.3 Å². The molecule has 0 aliphatic heterocycles. The topological polar surface area (TPSA) is 23.8 Å². The Morgan fingerprint density at radius 3 is 1.73 bits per heavy atom. The molecule has 2 aromatic rings. The zero-order valence-electron chi connectivity index (χ0n) is 8.57. The van der Waals surface area contributed by atoms with Crippen molar-refractivity contribution in [3.8, 4) is 17.2 Å². The molecule has 0 N–H and O–H groups in total. The second-order valence-electron chi connectivity index (χ2n) is 3.56. The minimum absolute atomic E-state index is 0.700. The zero-order chi connectivity index (χ0) is 10.7. The maximum atomic E-state index is 8.69. The standard InChI is InChI=1S/C13H10BN/c14-13-7-5-12(6-8-13)11-3-1-10(9-15)2-4-11/h1-8H,14H2. The van der Waals surface area contributed by atoms with E-state index in [-0.39, 0.29) is 0 Å². The summed E-state index contributed by atoms with van der Waals surface area (Å²) in [4.78, 5) is 0. The summed E-state index contributed by atoms with van der Waals surface area (Å²) >= 11 is 0. The molecular formula is C13H10BN. The summed E-state index contributed by atoms with van der Waals surface area (Å²) in [7, 11) is 2.07. The molecule has 0 aliphatic carbocycles. The number of rotatable bonds is 1. The SMILES string of the molecule is Bc1ccc(-c2ccc(C#N)cc2)cc1. The van der Waals surface area contributed by atoms with Gasteiger partial charge in [0.1, 0.15) is 7.85 Å². The van der Waals surface area contributed by atoms with Gasteiger partial charge in [-0.25, -0.2) is 0 Å². The molecule has 0 amide bonds. The van der Waals surface area contributed by atoms with E-state index in [1.54, 1.807) is 0 Å². The largest absolute Gasteiger partial charge is 0.192 e. The average Bonchev–Trinajstić information content (AvgIpc) is 2.30. The third-order valence-electron chi connectivity index (χ3n) is 2.40. The van der Waals surface area contributed by atoms with E-state index < -0.39 is 0 Å². The molecule has 0 bridgehead atoms. The molecule has 1 nitrogen and oxygen atoms in total. The van der Waals surface area contributed by atoms with E-state index in [4.69, 9.17) is 5.26 Å². The van der Waals surface area contributed by atoms with Gasteiger partial charge in [0.15, 0.2) is 0 Å². The van der Waals surface area contributed by atoms with Gasteiger partial charge < -0.3 is 0 Å². The first-order valence-electron chi connectivity index (χ1n) is 4.87. The number of benzene rings is 2. The summed E-state index contributed by atoms with van der Waals surface area (Å²) in [5.74, 6) is 0. The number of hydrogen-bond acceptors (Lipinski definition) is 1. The summed E-state index contributed by atoms with van der Waals surface area (Å²) < 4.78 is 0.